The Labute approximate surface area is 140 Å². The standard InChI is InChI=1S/C16H19ClN4O2/c1-3-12-13(4-2)20-21-16(19-12)18-9-10-7-11(17)15-14(8-10)22-5-6-23-15/h7-8H,3-6,9H2,1-2H3,(H,18,19,21). The second kappa shape index (κ2) is 7.00. The second-order valence-corrected chi connectivity index (χ2v) is 5.60. The molecule has 0 atom stereocenters. The van der Waals surface area contributed by atoms with Crippen LogP contribution in [0.2, 0.25) is 5.02 Å². The van der Waals surface area contributed by atoms with Crippen molar-refractivity contribution in [3.05, 3.63) is 34.1 Å². The van der Waals surface area contributed by atoms with Crippen LogP contribution in [-0.4, -0.2) is 28.4 Å². The van der Waals surface area contributed by atoms with Crippen LogP contribution in [-0.2, 0) is 19.4 Å². The van der Waals surface area contributed by atoms with Gasteiger partial charge in [-0.25, -0.2) is 4.98 Å². The molecule has 2 aromatic rings. The smallest absolute Gasteiger partial charge is 0.243 e. The summed E-state index contributed by atoms with van der Waals surface area (Å²) in [6.07, 6.45) is 1.67. The molecule has 1 aliphatic rings. The Morgan fingerprint density at radius 2 is 1.87 bits per heavy atom. The Balaban J connectivity index is 1.74. The van der Waals surface area contributed by atoms with Crippen LogP contribution in [0.15, 0.2) is 12.1 Å². The lowest BCUT2D eigenvalue weighted by molar-refractivity contribution is 0.171. The highest BCUT2D eigenvalue weighted by Gasteiger charge is 2.16. The highest BCUT2D eigenvalue weighted by Crippen LogP contribution is 2.38. The summed E-state index contributed by atoms with van der Waals surface area (Å²) in [5.41, 5.74) is 2.89. The molecule has 1 aromatic heterocycles. The Hall–Kier alpha value is -2.08. The van der Waals surface area contributed by atoms with Crippen LogP contribution in [0.3, 0.4) is 0 Å². The number of benzene rings is 1. The van der Waals surface area contributed by atoms with Crippen molar-refractivity contribution in [2.24, 2.45) is 0 Å². The van der Waals surface area contributed by atoms with E-state index in [1.807, 2.05) is 12.1 Å². The molecule has 2 heterocycles. The third-order valence-electron chi connectivity index (χ3n) is 3.62. The maximum absolute atomic E-state index is 6.24. The van der Waals surface area contributed by atoms with E-state index in [9.17, 15) is 0 Å². The first kappa shape index (κ1) is 15.8. The van der Waals surface area contributed by atoms with Crippen LogP contribution < -0.4 is 14.8 Å². The minimum atomic E-state index is 0.519. The van der Waals surface area contributed by atoms with E-state index in [-0.39, 0.29) is 0 Å². The van der Waals surface area contributed by atoms with E-state index in [0.717, 1.165) is 29.8 Å². The van der Waals surface area contributed by atoms with Gasteiger partial charge in [0.15, 0.2) is 11.5 Å². The van der Waals surface area contributed by atoms with E-state index >= 15 is 0 Å². The van der Waals surface area contributed by atoms with Gasteiger partial charge in [-0.3, -0.25) is 0 Å². The lowest BCUT2D eigenvalue weighted by atomic mass is 10.2. The van der Waals surface area contributed by atoms with Gasteiger partial charge in [0.2, 0.25) is 5.95 Å². The molecule has 7 heteroatoms. The fraction of sp³-hybridized carbons (Fsp3) is 0.438. The first-order chi connectivity index (χ1) is 11.2. The van der Waals surface area contributed by atoms with Crippen molar-refractivity contribution in [2.45, 2.75) is 33.2 Å². The molecule has 0 saturated carbocycles. The highest BCUT2D eigenvalue weighted by molar-refractivity contribution is 6.32. The Kier molecular flexibility index (Phi) is 4.81. The van der Waals surface area contributed by atoms with Crippen LogP contribution in [0.4, 0.5) is 5.95 Å². The van der Waals surface area contributed by atoms with E-state index in [4.69, 9.17) is 21.1 Å². The summed E-state index contributed by atoms with van der Waals surface area (Å²) in [6.45, 7) is 5.70. The molecule has 0 fully saturated rings. The van der Waals surface area contributed by atoms with Crippen molar-refractivity contribution in [1.82, 2.24) is 15.2 Å². The third-order valence-corrected chi connectivity index (χ3v) is 3.90. The number of aromatic nitrogens is 3. The average Bonchev–Trinajstić information content (AvgIpc) is 2.59. The topological polar surface area (TPSA) is 69.2 Å². The van der Waals surface area contributed by atoms with Gasteiger partial charge >= 0.3 is 0 Å². The Morgan fingerprint density at radius 3 is 2.65 bits per heavy atom. The Bertz CT molecular complexity index is 709. The van der Waals surface area contributed by atoms with Gasteiger partial charge in [-0.05, 0) is 30.5 Å². The van der Waals surface area contributed by atoms with Crippen molar-refractivity contribution in [1.29, 1.82) is 0 Å². The molecule has 0 spiro atoms. The van der Waals surface area contributed by atoms with Crippen molar-refractivity contribution in [2.75, 3.05) is 18.5 Å². The lowest BCUT2D eigenvalue weighted by Crippen LogP contribution is -2.16. The molecule has 1 N–H and O–H groups in total. The fourth-order valence-electron chi connectivity index (χ4n) is 2.46. The molecule has 0 aliphatic carbocycles. The molecule has 6 nitrogen and oxygen atoms in total. The summed E-state index contributed by atoms with van der Waals surface area (Å²) in [5, 5.41) is 12.1. The van der Waals surface area contributed by atoms with Crippen molar-refractivity contribution in [3.8, 4) is 11.5 Å². The van der Waals surface area contributed by atoms with Gasteiger partial charge in [-0.1, -0.05) is 25.4 Å². The first-order valence-electron chi connectivity index (χ1n) is 7.75. The van der Waals surface area contributed by atoms with E-state index in [1.165, 1.54) is 0 Å². The average molecular weight is 335 g/mol. The number of anilines is 1. The minimum absolute atomic E-state index is 0.519. The largest absolute Gasteiger partial charge is 0.486 e. The molecule has 3 rings (SSSR count). The monoisotopic (exact) mass is 334 g/mol. The molecule has 0 saturated heterocycles. The minimum Gasteiger partial charge on any atom is -0.486 e. The quantitative estimate of drug-likeness (QED) is 0.906. The molecule has 23 heavy (non-hydrogen) atoms. The van der Waals surface area contributed by atoms with E-state index in [2.05, 4.69) is 34.3 Å². The van der Waals surface area contributed by atoms with Crippen molar-refractivity contribution < 1.29 is 9.47 Å². The molecule has 0 radical (unpaired) electrons. The van der Waals surface area contributed by atoms with Crippen LogP contribution in [0.25, 0.3) is 0 Å². The molecular formula is C16H19ClN4O2. The highest BCUT2D eigenvalue weighted by atomic mass is 35.5. The predicted molar refractivity (Wildman–Crippen MR) is 88.4 cm³/mol. The van der Waals surface area contributed by atoms with Crippen LogP contribution in [0, 0.1) is 0 Å². The van der Waals surface area contributed by atoms with Crippen molar-refractivity contribution >= 4 is 17.5 Å². The first-order valence-corrected chi connectivity index (χ1v) is 8.13. The number of aryl methyl sites for hydroxylation is 2. The summed E-state index contributed by atoms with van der Waals surface area (Å²) >= 11 is 6.24. The molecule has 122 valence electrons. The molecule has 0 bridgehead atoms. The van der Waals surface area contributed by atoms with Crippen LogP contribution >= 0.6 is 11.6 Å². The summed E-state index contributed by atoms with van der Waals surface area (Å²) < 4.78 is 11.1. The van der Waals surface area contributed by atoms with E-state index < -0.39 is 0 Å². The summed E-state index contributed by atoms with van der Waals surface area (Å²) in [5.74, 6) is 1.81. The Morgan fingerprint density at radius 1 is 1.09 bits per heavy atom. The number of halogens is 1. The summed E-state index contributed by atoms with van der Waals surface area (Å²) in [4.78, 5) is 4.51. The zero-order chi connectivity index (χ0) is 16.2. The molecule has 1 aliphatic heterocycles. The maximum atomic E-state index is 6.24. The SMILES string of the molecule is CCc1nnc(NCc2cc(Cl)c3c(c2)OCCO3)nc1CC. The zero-order valence-electron chi connectivity index (χ0n) is 13.2. The van der Waals surface area contributed by atoms with Gasteiger partial charge in [-0.15, -0.1) is 5.10 Å². The number of fused-ring (bicyclic) bond motifs is 1. The van der Waals surface area contributed by atoms with Crippen molar-refractivity contribution in [3.63, 3.8) is 0 Å². The second-order valence-electron chi connectivity index (χ2n) is 5.19. The number of rotatable bonds is 5. The van der Waals surface area contributed by atoms with Gasteiger partial charge in [-0.2, -0.15) is 5.10 Å². The van der Waals surface area contributed by atoms with Gasteiger partial charge in [0.05, 0.1) is 16.4 Å². The number of nitrogens with one attached hydrogen (secondary N) is 1. The van der Waals surface area contributed by atoms with Crippen LogP contribution in [0.5, 0.6) is 11.5 Å². The predicted octanol–water partition coefficient (Wildman–Crippen LogP) is 3.03. The third kappa shape index (κ3) is 3.47. The van der Waals surface area contributed by atoms with Crippen LogP contribution in [0.1, 0.15) is 30.8 Å². The maximum Gasteiger partial charge on any atom is 0.243 e. The molecule has 0 unspecified atom stereocenters. The molecular weight excluding hydrogens is 316 g/mol. The van der Waals surface area contributed by atoms with E-state index in [1.54, 1.807) is 0 Å². The number of hydrogen-bond acceptors (Lipinski definition) is 6. The number of hydrogen-bond donors (Lipinski definition) is 1. The fourth-order valence-corrected chi connectivity index (χ4v) is 2.75. The van der Waals surface area contributed by atoms with E-state index in [0.29, 0.717) is 42.2 Å². The molecule has 1 aromatic carbocycles. The lowest BCUT2D eigenvalue weighted by Gasteiger charge is -2.20. The van der Waals surface area contributed by atoms with Gasteiger partial charge in [0.25, 0.3) is 0 Å². The normalized spacial score (nSPS) is 13.0. The van der Waals surface area contributed by atoms with Gasteiger partial charge in [0.1, 0.15) is 13.2 Å². The summed E-state index contributed by atoms with van der Waals surface area (Å²) in [7, 11) is 0. The number of nitrogens with zero attached hydrogens (tertiary/aromatic N) is 3. The number of ether oxygens (including phenoxy) is 2. The van der Waals surface area contributed by atoms with Gasteiger partial charge < -0.3 is 14.8 Å². The summed E-state index contributed by atoms with van der Waals surface area (Å²) in [6, 6.07) is 3.78. The zero-order valence-corrected chi connectivity index (χ0v) is 14.0. The van der Waals surface area contributed by atoms with Gasteiger partial charge in [0, 0.05) is 6.54 Å². The molecule has 0 amide bonds.